The molecule has 0 N–H and O–H groups in total. The number of hydrogen-bond donors (Lipinski definition) is 0. The van der Waals surface area contributed by atoms with E-state index >= 15 is 0 Å². The first-order valence-electron chi connectivity index (χ1n) is 8.97. The third kappa shape index (κ3) is 4.71. The number of methoxy groups -OCH3 is 1. The number of amides is 1. The van der Waals surface area contributed by atoms with Gasteiger partial charge in [0, 0.05) is 32.2 Å². The Hall–Kier alpha value is -1.63. The first-order valence-corrected chi connectivity index (χ1v) is 8.97. The van der Waals surface area contributed by atoms with Crippen LogP contribution in [0.4, 0.5) is 0 Å². The Labute approximate surface area is 149 Å². The van der Waals surface area contributed by atoms with E-state index in [9.17, 15) is 4.79 Å². The summed E-state index contributed by atoms with van der Waals surface area (Å²) in [5, 5.41) is 0. The number of morpholine rings is 1. The molecule has 6 nitrogen and oxygen atoms in total. The molecule has 25 heavy (non-hydrogen) atoms. The van der Waals surface area contributed by atoms with Crippen LogP contribution in [0.2, 0.25) is 0 Å². The molecule has 2 atom stereocenters. The summed E-state index contributed by atoms with van der Waals surface area (Å²) in [5.41, 5.74) is 1.04. The Kier molecular flexibility index (Phi) is 6.29. The zero-order valence-corrected chi connectivity index (χ0v) is 15.1. The van der Waals surface area contributed by atoms with E-state index in [0.717, 1.165) is 50.7 Å². The van der Waals surface area contributed by atoms with Crippen LogP contribution in [0.3, 0.4) is 0 Å². The zero-order chi connectivity index (χ0) is 17.6. The van der Waals surface area contributed by atoms with Gasteiger partial charge in [-0.3, -0.25) is 9.69 Å². The second kappa shape index (κ2) is 8.65. The highest BCUT2D eigenvalue weighted by atomic mass is 16.5. The Bertz CT molecular complexity index is 557. The maximum Gasteiger partial charge on any atom is 0.248 e. The Morgan fingerprint density at radius 1 is 1.20 bits per heavy atom. The second-order valence-electron chi connectivity index (χ2n) is 6.83. The molecule has 6 heteroatoms. The Morgan fingerprint density at radius 3 is 2.60 bits per heavy atom. The van der Waals surface area contributed by atoms with Crippen molar-refractivity contribution in [2.75, 3.05) is 53.1 Å². The van der Waals surface area contributed by atoms with Gasteiger partial charge in [-0.25, -0.2) is 0 Å². The van der Waals surface area contributed by atoms with Crippen molar-refractivity contribution >= 4 is 5.91 Å². The van der Waals surface area contributed by atoms with Gasteiger partial charge in [-0.05, 0) is 23.6 Å². The standard InChI is InChI=1S/C19H28N2O4/c1-15-11-21(12-18(15)20-7-9-24-10-8-20)19(22)14-25-13-16-3-5-17(23-2)6-4-16/h3-6,15,18H,7-14H2,1-2H3/t15-,18+/m0/s1. The van der Waals surface area contributed by atoms with Gasteiger partial charge in [0.15, 0.2) is 0 Å². The van der Waals surface area contributed by atoms with Gasteiger partial charge in [0.1, 0.15) is 12.4 Å². The number of benzene rings is 1. The fourth-order valence-electron chi connectivity index (χ4n) is 3.61. The van der Waals surface area contributed by atoms with E-state index < -0.39 is 0 Å². The third-order valence-corrected chi connectivity index (χ3v) is 5.09. The summed E-state index contributed by atoms with van der Waals surface area (Å²) in [6.07, 6.45) is 0. The first-order chi connectivity index (χ1) is 12.2. The number of ether oxygens (including phenoxy) is 3. The molecule has 0 saturated carbocycles. The van der Waals surface area contributed by atoms with E-state index in [1.54, 1.807) is 7.11 Å². The second-order valence-corrected chi connectivity index (χ2v) is 6.83. The predicted octanol–water partition coefficient (Wildman–Crippen LogP) is 1.39. The van der Waals surface area contributed by atoms with Crippen LogP contribution in [0.5, 0.6) is 5.75 Å². The molecule has 0 aliphatic carbocycles. The van der Waals surface area contributed by atoms with Gasteiger partial charge < -0.3 is 19.1 Å². The Balaban J connectivity index is 1.43. The molecule has 2 aliphatic rings. The van der Waals surface area contributed by atoms with Crippen molar-refractivity contribution in [3.05, 3.63) is 29.8 Å². The number of hydrogen-bond acceptors (Lipinski definition) is 5. The normalized spacial score (nSPS) is 24.5. The average Bonchev–Trinajstić information content (AvgIpc) is 3.05. The topological polar surface area (TPSA) is 51.2 Å². The van der Waals surface area contributed by atoms with Crippen LogP contribution in [0.1, 0.15) is 12.5 Å². The molecule has 0 unspecified atom stereocenters. The molecule has 2 saturated heterocycles. The summed E-state index contributed by atoms with van der Waals surface area (Å²) in [6, 6.07) is 8.14. The van der Waals surface area contributed by atoms with Crippen molar-refractivity contribution in [1.82, 2.24) is 9.80 Å². The van der Waals surface area contributed by atoms with Crippen LogP contribution in [0.15, 0.2) is 24.3 Å². The van der Waals surface area contributed by atoms with E-state index in [2.05, 4.69) is 11.8 Å². The number of rotatable bonds is 6. The maximum absolute atomic E-state index is 12.4. The van der Waals surface area contributed by atoms with Crippen molar-refractivity contribution in [3.8, 4) is 5.75 Å². The number of nitrogens with zero attached hydrogens (tertiary/aromatic N) is 2. The predicted molar refractivity (Wildman–Crippen MR) is 94.6 cm³/mol. The maximum atomic E-state index is 12.4. The molecule has 3 rings (SSSR count). The highest BCUT2D eigenvalue weighted by Gasteiger charge is 2.36. The van der Waals surface area contributed by atoms with Gasteiger partial charge in [0.25, 0.3) is 0 Å². The zero-order valence-electron chi connectivity index (χ0n) is 15.1. The molecule has 0 radical (unpaired) electrons. The molecule has 2 fully saturated rings. The smallest absolute Gasteiger partial charge is 0.248 e. The van der Waals surface area contributed by atoms with E-state index in [4.69, 9.17) is 14.2 Å². The molecule has 138 valence electrons. The van der Waals surface area contributed by atoms with E-state index in [1.807, 2.05) is 29.2 Å². The summed E-state index contributed by atoms with van der Waals surface area (Å²) >= 11 is 0. The molecular formula is C19H28N2O4. The van der Waals surface area contributed by atoms with Gasteiger partial charge >= 0.3 is 0 Å². The summed E-state index contributed by atoms with van der Waals surface area (Å²) < 4.78 is 16.2. The fourth-order valence-corrected chi connectivity index (χ4v) is 3.61. The van der Waals surface area contributed by atoms with Crippen molar-refractivity contribution in [2.45, 2.75) is 19.6 Å². The van der Waals surface area contributed by atoms with Gasteiger partial charge in [0.05, 0.1) is 26.9 Å². The largest absolute Gasteiger partial charge is 0.497 e. The lowest BCUT2D eigenvalue weighted by atomic mass is 10.0. The number of carbonyl (C=O) groups is 1. The summed E-state index contributed by atoms with van der Waals surface area (Å²) in [4.78, 5) is 16.8. The lowest BCUT2D eigenvalue weighted by Gasteiger charge is -2.33. The Morgan fingerprint density at radius 2 is 1.92 bits per heavy atom. The van der Waals surface area contributed by atoms with Crippen molar-refractivity contribution in [2.24, 2.45) is 5.92 Å². The minimum atomic E-state index is 0.0797. The van der Waals surface area contributed by atoms with Crippen LogP contribution in [0.25, 0.3) is 0 Å². The molecule has 1 amide bonds. The van der Waals surface area contributed by atoms with Crippen molar-refractivity contribution in [3.63, 3.8) is 0 Å². The quantitative estimate of drug-likeness (QED) is 0.778. The van der Waals surface area contributed by atoms with E-state index in [-0.39, 0.29) is 12.5 Å². The highest BCUT2D eigenvalue weighted by molar-refractivity contribution is 5.77. The van der Waals surface area contributed by atoms with E-state index in [0.29, 0.717) is 18.6 Å². The lowest BCUT2D eigenvalue weighted by Crippen LogP contribution is -2.47. The number of likely N-dealkylation sites (tertiary alicyclic amines) is 1. The summed E-state index contributed by atoms with van der Waals surface area (Å²) in [5.74, 6) is 1.39. The van der Waals surface area contributed by atoms with Crippen LogP contribution >= 0.6 is 0 Å². The molecule has 1 aromatic carbocycles. The minimum absolute atomic E-state index is 0.0797. The minimum Gasteiger partial charge on any atom is -0.497 e. The van der Waals surface area contributed by atoms with Crippen LogP contribution in [-0.2, 0) is 20.9 Å². The van der Waals surface area contributed by atoms with Crippen molar-refractivity contribution < 1.29 is 19.0 Å². The molecule has 0 aromatic heterocycles. The SMILES string of the molecule is COc1ccc(COCC(=O)N2C[C@@H](N3CCOCC3)[C@@H](C)C2)cc1. The molecule has 1 aromatic rings. The highest BCUT2D eigenvalue weighted by Crippen LogP contribution is 2.23. The van der Waals surface area contributed by atoms with Gasteiger partial charge in [-0.1, -0.05) is 19.1 Å². The molecule has 0 bridgehead atoms. The summed E-state index contributed by atoms with van der Waals surface area (Å²) in [7, 11) is 1.64. The van der Waals surface area contributed by atoms with E-state index in [1.165, 1.54) is 0 Å². The molecule has 2 heterocycles. The molecule has 2 aliphatic heterocycles. The third-order valence-electron chi connectivity index (χ3n) is 5.09. The van der Waals surface area contributed by atoms with Crippen molar-refractivity contribution in [1.29, 1.82) is 0 Å². The molecular weight excluding hydrogens is 320 g/mol. The van der Waals surface area contributed by atoms with Crippen LogP contribution < -0.4 is 4.74 Å². The van der Waals surface area contributed by atoms with Crippen LogP contribution in [-0.4, -0.2) is 74.9 Å². The average molecular weight is 348 g/mol. The lowest BCUT2D eigenvalue weighted by molar-refractivity contribution is -0.135. The molecule has 0 spiro atoms. The van der Waals surface area contributed by atoms with Gasteiger partial charge in [-0.15, -0.1) is 0 Å². The number of carbonyl (C=O) groups excluding carboxylic acids is 1. The summed E-state index contributed by atoms with van der Waals surface area (Å²) in [6.45, 7) is 7.92. The van der Waals surface area contributed by atoms with Gasteiger partial charge in [-0.2, -0.15) is 0 Å². The van der Waals surface area contributed by atoms with Gasteiger partial charge in [0.2, 0.25) is 5.91 Å². The fraction of sp³-hybridized carbons (Fsp3) is 0.632. The first kappa shape index (κ1) is 18.2. The van der Waals surface area contributed by atoms with Crippen LogP contribution in [0, 0.1) is 5.92 Å². The monoisotopic (exact) mass is 348 g/mol.